The van der Waals surface area contributed by atoms with E-state index in [1.54, 1.807) is 47.6 Å². The number of carbonyl (C=O) groups excluding carboxylic acids is 3. The molecule has 32 heavy (non-hydrogen) atoms. The number of Topliss-reactive ketones (excluding diaryl/α,β-unsaturated/α-hetero) is 1. The Hall–Kier alpha value is -2.93. The lowest BCUT2D eigenvalue weighted by Gasteiger charge is -2.29. The molecule has 1 unspecified atom stereocenters. The van der Waals surface area contributed by atoms with Crippen molar-refractivity contribution in [3.05, 3.63) is 58.4 Å². The van der Waals surface area contributed by atoms with E-state index in [0.29, 0.717) is 60.8 Å². The number of methoxy groups -OCH3 is 1. The Bertz CT molecular complexity index is 949. The fourth-order valence-corrected chi connectivity index (χ4v) is 4.06. The molecule has 0 spiro atoms. The quantitative estimate of drug-likeness (QED) is 0.298. The van der Waals surface area contributed by atoms with E-state index in [1.165, 1.54) is 7.11 Å². The second kappa shape index (κ2) is 11.6. The van der Waals surface area contributed by atoms with Crippen LogP contribution in [0.1, 0.15) is 69.7 Å². The molecule has 174 valence electrons. The van der Waals surface area contributed by atoms with Gasteiger partial charge in [-0.15, -0.1) is 0 Å². The standard InChI is InChI=1S/C25H34N2O5/c1-7-26-18(4)21(17(3)22(26)25(30)31-6)23(28)19(5)27(15-12-16-32-8-2)24(29)20-13-10-9-11-14-20/h9-11,13-14,19H,7-8,12,15-16H2,1-6H3. The number of hydrogen-bond donors (Lipinski definition) is 0. The fraction of sp³-hybridized carbons (Fsp3) is 0.480. The molecule has 0 bridgehead atoms. The molecule has 1 aromatic carbocycles. The lowest BCUT2D eigenvalue weighted by Crippen LogP contribution is -2.44. The Morgan fingerprint density at radius 1 is 1.09 bits per heavy atom. The molecule has 0 saturated heterocycles. The van der Waals surface area contributed by atoms with Crippen molar-refractivity contribution in [3.63, 3.8) is 0 Å². The number of ketones is 1. The van der Waals surface area contributed by atoms with Crippen LogP contribution in [0, 0.1) is 13.8 Å². The minimum atomic E-state index is -0.708. The zero-order valence-corrected chi connectivity index (χ0v) is 19.9. The van der Waals surface area contributed by atoms with Gasteiger partial charge in [0.05, 0.1) is 13.2 Å². The Balaban J connectivity index is 2.43. The molecular weight excluding hydrogens is 408 g/mol. The van der Waals surface area contributed by atoms with E-state index in [1.807, 2.05) is 26.8 Å². The van der Waals surface area contributed by atoms with Crippen molar-refractivity contribution in [2.45, 2.75) is 53.6 Å². The van der Waals surface area contributed by atoms with Crippen LogP contribution in [0.4, 0.5) is 0 Å². The molecule has 0 radical (unpaired) electrons. The number of rotatable bonds is 11. The molecule has 0 fully saturated rings. The van der Waals surface area contributed by atoms with E-state index < -0.39 is 12.0 Å². The Morgan fingerprint density at radius 2 is 1.75 bits per heavy atom. The number of aromatic nitrogens is 1. The van der Waals surface area contributed by atoms with Gasteiger partial charge in [0.25, 0.3) is 5.91 Å². The Morgan fingerprint density at radius 3 is 2.31 bits per heavy atom. The topological polar surface area (TPSA) is 77.8 Å². The van der Waals surface area contributed by atoms with Crippen molar-refractivity contribution in [1.82, 2.24) is 9.47 Å². The number of benzene rings is 1. The third-order valence-corrected chi connectivity index (χ3v) is 5.73. The second-order valence-electron chi connectivity index (χ2n) is 7.63. The average molecular weight is 443 g/mol. The lowest BCUT2D eigenvalue weighted by molar-refractivity contribution is 0.0584. The third kappa shape index (κ3) is 5.27. The molecule has 0 aliphatic heterocycles. The highest BCUT2D eigenvalue weighted by molar-refractivity contribution is 6.07. The highest BCUT2D eigenvalue weighted by Gasteiger charge is 2.33. The first-order valence-corrected chi connectivity index (χ1v) is 11.1. The van der Waals surface area contributed by atoms with Crippen LogP contribution in [0.5, 0.6) is 0 Å². The molecule has 7 nitrogen and oxygen atoms in total. The van der Waals surface area contributed by atoms with Crippen molar-refractivity contribution >= 4 is 17.7 Å². The summed E-state index contributed by atoms with van der Waals surface area (Å²) in [6.07, 6.45) is 0.616. The van der Waals surface area contributed by atoms with E-state index in [2.05, 4.69) is 0 Å². The van der Waals surface area contributed by atoms with Crippen molar-refractivity contribution < 1.29 is 23.9 Å². The van der Waals surface area contributed by atoms with Crippen LogP contribution < -0.4 is 0 Å². The van der Waals surface area contributed by atoms with Gasteiger partial charge in [0, 0.05) is 43.1 Å². The molecule has 0 N–H and O–H groups in total. The van der Waals surface area contributed by atoms with Crippen LogP contribution in [0.2, 0.25) is 0 Å². The zero-order chi connectivity index (χ0) is 23.8. The van der Waals surface area contributed by atoms with Gasteiger partial charge >= 0.3 is 5.97 Å². The second-order valence-corrected chi connectivity index (χ2v) is 7.63. The summed E-state index contributed by atoms with van der Waals surface area (Å²) in [5.41, 5.74) is 2.65. The summed E-state index contributed by atoms with van der Waals surface area (Å²) in [5.74, 6) is -0.882. The number of ether oxygens (including phenoxy) is 2. The molecular formula is C25H34N2O5. The molecule has 0 aliphatic rings. The van der Waals surface area contributed by atoms with E-state index in [-0.39, 0.29) is 11.7 Å². The average Bonchev–Trinajstić information content (AvgIpc) is 3.07. The summed E-state index contributed by atoms with van der Waals surface area (Å²) in [6.45, 7) is 11.2. The molecule has 2 rings (SSSR count). The smallest absolute Gasteiger partial charge is 0.354 e. The van der Waals surface area contributed by atoms with Gasteiger partial charge in [-0.3, -0.25) is 9.59 Å². The van der Waals surface area contributed by atoms with Crippen molar-refractivity contribution in [2.24, 2.45) is 0 Å². The largest absolute Gasteiger partial charge is 0.464 e. The van der Waals surface area contributed by atoms with E-state index in [0.717, 1.165) is 0 Å². The minimum absolute atomic E-state index is 0.196. The summed E-state index contributed by atoms with van der Waals surface area (Å²) in [6, 6.07) is 8.23. The van der Waals surface area contributed by atoms with Gasteiger partial charge in [0.2, 0.25) is 0 Å². The summed E-state index contributed by atoms with van der Waals surface area (Å²) in [7, 11) is 1.33. The number of nitrogens with zero attached hydrogens (tertiary/aromatic N) is 2. The first-order chi connectivity index (χ1) is 15.3. The number of hydrogen-bond acceptors (Lipinski definition) is 5. The number of esters is 1. The third-order valence-electron chi connectivity index (χ3n) is 5.73. The van der Waals surface area contributed by atoms with Crippen LogP contribution in [0.3, 0.4) is 0 Å². The fourth-order valence-electron chi connectivity index (χ4n) is 4.06. The van der Waals surface area contributed by atoms with E-state index >= 15 is 0 Å². The number of carbonyl (C=O) groups is 3. The van der Waals surface area contributed by atoms with Crippen LogP contribution >= 0.6 is 0 Å². The highest BCUT2D eigenvalue weighted by Crippen LogP contribution is 2.26. The summed E-state index contributed by atoms with van der Waals surface area (Å²) in [4.78, 5) is 40.9. The highest BCUT2D eigenvalue weighted by atomic mass is 16.5. The van der Waals surface area contributed by atoms with Crippen LogP contribution in [0.15, 0.2) is 30.3 Å². The summed E-state index contributed by atoms with van der Waals surface area (Å²) >= 11 is 0. The molecule has 1 heterocycles. The maximum atomic E-state index is 13.7. The first-order valence-electron chi connectivity index (χ1n) is 11.1. The molecule has 2 aromatic rings. The van der Waals surface area contributed by atoms with Gasteiger partial charge in [-0.1, -0.05) is 18.2 Å². The lowest BCUT2D eigenvalue weighted by atomic mass is 9.99. The van der Waals surface area contributed by atoms with Gasteiger partial charge < -0.3 is 18.9 Å². The predicted molar refractivity (Wildman–Crippen MR) is 123 cm³/mol. The van der Waals surface area contributed by atoms with Crippen LogP contribution in [-0.2, 0) is 16.0 Å². The SMILES string of the molecule is CCOCCCN(C(=O)c1ccccc1)C(C)C(=O)c1c(C)c(C(=O)OC)n(CC)c1C. The monoisotopic (exact) mass is 442 g/mol. The van der Waals surface area contributed by atoms with Gasteiger partial charge in [-0.2, -0.15) is 0 Å². The predicted octanol–water partition coefficient (Wildman–Crippen LogP) is 4.05. The Labute approximate surface area is 190 Å². The summed E-state index contributed by atoms with van der Waals surface area (Å²) in [5, 5.41) is 0. The van der Waals surface area contributed by atoms with Gasteiger partial charge in [0.1, 0.15) is 5.69 Å². The van der Waals surface area contributed by atoms with Crippen molar-refractivity contribution in [3.8, 4) is 0 Å². The van der Waals surface area contributed by atoms with E-state index in [9.17, 15) is 14.4 Å². The molecule has 1 atom stereocenters. The van der Waals surface area contributed by atoms with Gasteiger partial charge in [-0.25, -0.2) is 4.79 Å². The van der Waals surface area contributed by atoms with Gasteiger partial charge in [-0.05, 0) is 58.7 Å². The molecule has 7 heteroatoms. The van der Waals surface area contributed by atoms with Crippen LogP contribution in [-0.4, -0.2) is 60.0 Å². The molecule has 0 aliphatic carbocycles. The normalized spacial score (nSPS) is 11.8. The van der Waals surface area contributed by atoms with Crippen LogP contribution in [0.25, 0.3) is 0 Å². The van der Waals surface area contributed by atoms with Gasteiger partial charge in [0.15, 0.2) is 5.78 Å². The number of amides is 1. The zero-order valence-electron chi connectivity index (χ0n) is 19.9. The maximum Gasteiger partial charge on any atom is 0.354 e. The van der Waals surface area contributed by atoms with Crippen molar-refractivity contribution in [2.75, 3.05) is 26.9 Å². The molecule has 0 saturated carbocycles. The first kappa shape index (κ1) is 25.3. The molecule has 1 aromatic heterocycles. The minimum Gasteiger partial charge on any atom is -0.464 e. The van der Waals surface area contributed by atoms with Crippen molar-refractivity contribution in [1.29, 1.82) is 0 Å². The van der Waals surface area contributed by atoms with E-state index in [4.69, 9.17) is 9.47 Å². The Kier molecular flexibility index (Phi) is 9.20. The molecule has 1 amide bonds. The maximum absolute atomic E-state index is 13.7. The summed E-state index contributed by atoms with van der Waals surface area (Å²) < 4.78 is 12.2.